The van der Waals surface area contributed by atoms with E-state index in [2.05, 4.69) is 38.4 Å². The van der Waals surface area contributed by atoms with Crippen LogP contribution in [0.5, 0.6) is 0 Å². The van der Waals surface area contributed by atoms with Gasteiger partial charge in [-0.15, -0.1) is 0 Å². The zero-order valence-electron chi connectivity index (χ0n) is 7.91. The molecule has 0 saturated heterocycles. The highest BCUT2D eigenvalue weighted by Crippen LogP contribution is 2.17. The second kappa shape index (κ2) is 4.60. The molecule has 1 heterocycles. The van der Waals surface area contributed by atoms with Crippen LogP contribution in [0.25, 0.3) is 0 Å². The summed E-state index contributed by atoms with van der Waals surface area (Å²) in [6, 6.07) is 6.48. The van der Waals surface area contributed by atoms with Crippen molar-refractivity contribution in [2.24, 2.45) is 0 Å². The van der Waals surface area contributed by atoms with Gasteiger partial charge in [-0.1, -0.05) is 18.2 Å². The first-order valence-electron chi connectivity index (χ1n) is 4.89. The van der Waals surface area contributed by atoms with Gasteiger partial charge in [0.1, 0.15) is 10.4 Å². The number of hydrogen-bond acceptors (Lipinski definition) is 2. The molecule has 1 aliphatic carbocycles. The maximum absolute atomic E-state index is 4.35. The predicted octanol–water partition coefficient (Wildman–Crippen LogP) is 3.36. The highest BCUT2D eigenvalue weighted by atomic mass is 79.9. The molecular weight excluding hydrogens is 240 g/mol. The SMILES string of the molecule is Brc1cccc(NC2CC=CCC2)n1. The maximum atomic E-state index is 4.35. The third kappa shape index (κ3) is 2.58. The number of allylic oxidation sites excluding steroid dienone is 1. The first-order valence-corrected chi connectivity index (χ1v) is 5.68. The average molecular weight is 253 g/mol. The van der Waals surface area contributed by atoms with Crippen molar-refractivity contribution in [1.82, 2.24) is 4.98 Å². The molecule has 74 valence electrons. The Morgan fingerprint density at radius 1 is 1.36 bits per heavy atom. The van der Waals surface area contributed by atoms with Crippen LogP contribution in [0.2, 0.25) is 0 Å². The zero-order chi connectivity index (χ0) is 9.80. The van der Waals surface area contributed by atoms with Crippen molar-refractivity contribution in [3.05, 3.63) is 35.0 Å². The summed E-state index contributed by atoms with van der Waals surface area (Å²) in [5.41, 5.74) is 0. The van der Waals surface area contributed by atoms with Gasteiger partial charge in [0.15, 0.2) is 0 Å². The van der Waals surface area contributed by atoms with Crippen LogP contribution in [0, 0.1) is 0 Å². The number of nitrogens with one attached hydrogen (secondary N) is 1. The van der Waals surface area contributed by atoms with E-state index in [9.17, 15) is 0 Å². The number of hydrogen-bond donors (Lipinski definition) is 1. The Labute approximate surface area is 92.6 Å². The molecule has 0 aliphatic heterocycles. The molecule has 0 saturated carbocycles. The van der Waals surface area contributed by atoms with Gasteiger partial charge in [0.25, 0.3) is 0 Å². The Kier molecular flexibility index (Phi) is 3.19. The van der Waals surface area contributed by atoms with Crippen molar-refractivity contribution in [3.63, 3.8) is 0 Å². The van der Waals surface area contributed by atoms with E-state index < -0.39 is 0 Å². The van der Waals surface area contributed by atoms with E-state index in [4.69, 9.17) is 0 Å². The smallest absolute Gasteiger partial charge is 0.127 e. The number of halogens is 1. The molecule has 0 spiro atoms. The van der Waals surface area contributed by atoms with Crippen LogP contribution in [0.15, 0.2) is 35.0 Å². The van der Waals surface area contributed by atoms with Gasteiger partial charge in [0.2, 0.25) is 0 Å². The standard InChI is InChI=1S/C11H13BrN2/c12-10-7-4-8-11(14-10)13-9-5-2-1-3-6-9/h1-2,4,7-9H,3,5-6H2,(H,13,14). The first kappa shape index (κ1) is 9.71. The summed E-state index contributed by atoms with van der Waals surface area (Å²) in [6.07, 6.45) is 7.95. The highest BCUT2D eigenvalue weighted by Gasteiger charge is 2.09. The molecule has 1 N–H and O–H groups in total. The van der Waals surface area contributed by atoms with Crippen molar-refractivity contribution < 1.29 is 0 Å². The number of rotatable bonds is 2. The summed E-state index contributed by atoms with van der Waals surface area (Å²) in [4.78, 5) is 4.35. The van der Waals surface area contributed by atoms with E-state index in [1.54, 1.807) is 0 Å². The third-order valence-electron chi connectivity index (χ3n) is 2.34. The summed E-state index contributed by atoms with van der Waals surface area (Å²) in [6.45, 7) is 0. The lowest BCUT2D eigenvalue weighted by atomic mass is 10.0. The van der Waals surface area contributed by atoms with Gasteiger partial charge in [-0.2, -0.15) is 0 Å². The first-order chi connectivity index (χ1) is 6.84. The van der Waals surface area contributed by atoms with E-state index in [-0.39, 0.29) is 0 Å². The lowest BCUT2D eigenvalue weighted by molar-refractivity contribution is 0.642. The fraction of sp³-hybridized carbons (Fsp3) is 0.364. The molecule has 0 fully saturated rings. The van der Waals surface area contributed by atoms with Crippen LogP contribution in [0.3, 0.4) is 0 Å². The molecule has 3 heteroatoms. The van der Waals surface area contributed by atoms with Crippen molar-refractivity contribution >= 4 is 21.7 Å². The second-order valence-corrected chi connectivity index (χ2v) is 4.28. The minimum Gasteiger partial charge on any atom is -0.367 e. The molecule has 2 nitrogen and oxygen atoms in total. The molecular formula is C11H13BrN2. The van der Waals surface area contributed by atoms with Gasteiger partial charge in [-0.05, 0) is 47.3 Å². The van der Waals surface area contributed by atoms with Crippen molar-refractivity contribution in [1.29, 1.82) is 0 Å². The minimum absolute atomic E-state index is 0.543. The summed E-state index contributed by atoms with van der Waals surface area (Å²) in [5.74, 6) is 0.958. The number of pyridine rings is 1. The van der Waals surface area contributed by atoms with Crippen molar-refractivity contribution in [2.45, 2.75) is 25.3 Å². The molecule has 1 aliphatic rings. The van der Waals surface area contributed by atoms with Gasteiger partial charge >= 0.3 is 0 Å². The lowest BCUT2D eigenvalue weighted by Gasteiger charge is -2.19. The van der Waals surface area contributed by atoms with Gasteiger partial charge in [0.05, 0.1) is 0 Å². The van der Waals surface area contributed by atoms with Crippen molar-refractivity contribution in [3.8, 4) is 0 Å². The normalized spacial score (nSPS) is 20.8. The Morgan fingerprint density at radius 2 is 2.29 bits per heavy atom. The topological polar surface area (TPSA) is 24.9 Å². The molecule has 0 amide bonds. The van der Waals surface area contributed by atoms with Crippen LogP contribution < -0.4 is 5.32 Å². The van der Waals surface area contributed by atoms with Crippen LogP contribution in [0.4, 0.5) is 5.82 Å². The maximum Gasteiger partial charge on any atom is 0.127 e. The fourth-order valence-corrected chi connectivity index (χ4v) is 1.97. The molecule has 1 aromatic rings. The molecule has 1 aromatic heterocycles. The Bertz CT molecular complexity index is 336. The quantitative estimate of drug-likeness (QED) is 0.645. The summed E-state index contributed by atoms with van der Waals surface area (Å²) in [5, 5.41) is 3.43. The summed E-state index contributed by atoms with van der Waals surface area (Å²) < 4.78 is 0.883. The van der Waals surface area contributed by atoms with E-state index in [0.717, 1.165) is 16.8 Å². The van der Waals surface area contributed by atoms with Gasteiger partial charge in [0, 0.05) is 6.04 Å². The van der Waals surface area contributed by atoms with Crippen LogP contribution in [-0.2, 0) is 0 Å². The Hall–Kier alpha value is -0.830. The third-order valence-corrected chi connectivity index (χ3v) is 2.78. The lowest BCUT2D eigenvalue weighted by Crippen LogP contribution is -2.20. The number of anilines is 1. The molecule has 0 aromatic carbocycles. The number of aromatic nitrogens is 1. The van der Waals surface area contributed by atoms with Crippen molar-refractivity contribution in [2.75, 3.05) is 5.32 Å². The largest absolute Gasteiger partial charge is 0.367 e. The number of nitrogens with zero attached hydrogens (tertiary/aromatic N) is 1. The molecule has 1 unspecified atom stereocenters. The van der Waals surface area contributed by atoms with Crippen LogP contribution in [0.1, 0.15) is 19.3 Å². The molecule has 0 radical (unpaired) electrons. The van der Waals surface area contributed by atoms with Gasteiger partial charge in [-0.25, -0.2) is 4.98 Å². The second-order valence-electron chi connectivity index (χ2n) is 3.47. The summed E-state index contributed by atoms with van der Waals surface area (Å²) >= 11 is 3.36. The summed E-state index contributed by atoms with van der Waals surface area (Å²) in [7, 11) is 0. The minimum atomic E-state index is 0.543. The van der Waals surface area contributed by atoms with Crippen LogP contribution >= 0.6 is 15.9 Å². The predicted molar refractivity (Wildman–Crippen MR) is 62.3 cm³/mol. The highest BCUT2D eigenvalue weighted by molar-refractivity contribution is 9.10. The Morgan fingerprint density at radius 3 is 3.00 bits per heavy atom. The van der Waals surface area contributed by atoms with E-state index >= 15 is 0 Å². The zero-order valence-corrected chi connectivity index (χ0v) is 9.50. The van der Waals surface area contributed by atoms with E-state index in [1.165, 1.54) is 12.8 Å². The molecule has 14 heavy (non-hydrogen) atoms. The van der Waals surface area contributed by atoms with Crippen LogP contribution in [-0.4, -0.2) is 11.0 Å². The molecule has 0 bridgehead atoms. The van der Waals surface area contributed by atoms with Gasteiger partial charge < -0.3 is 5.32 Å². The van der Waals surface area contributed by atoms with Gasteiger partial charge in [-0.3, -0.25) is 0 Å². The van der Waals surface area contributed by atoms with E-state index in [1.807, 2.05) is 18.2 Å². The molecule has 2 rings (SSSR count). The molecule has 1 atom stereocenters. The Balaban J connectivity index is 1.99. The monoisotopic (exact) mass is 252 g/mol. The average Bonchev–Trinajstić information content (AvgIpc) is 2.19. The fourth-order valence-electron chi connectivity index (χ4n) is 1.62. The van der Waals surface area contributed by atoms with E-state index in [0.29, 0.717) is 6.04 Å².